The number of aliphatic hydroxyl groups is 14. The summed E-state index contributed by atoms with van der Waals surface area (Å²) in [7, 11) is 0. The second-order valence-electron chi connectivity index (χ2n) is 26.1. The van der Waals surface area contributed by atoms with E-state index in [-0.39, 0.29) is 34.7 Å². The van der Waals surface area contributed by atoms with Gasteiger partial charge in [0.05, 0.1) is 44.7 Å². The molecule has 4 aliphatic heterocycles. The Hall–Kier alpha value is -1.40. The van der Waals surface area contributed by atoms with Crippen LogP contribution in [-0.4, -0.2) is 233 Å². The molecule has 0 aromatic heterocycles. The summed E-state index contributed by atoms with van der Waals surface area (Å²) in [5.41, 5.74) is -0.293. The van der Waals surface area contributed by atoms with E-state index >= 15 is 0 Å². The summed E-state index contributed by atoms with van der Waals surface area (Å²) in [6, 6.07) is 0. The molecule has 9 aliphatic rings. The lowest BCUT2D eigenvalue weighted by molar-refractivity contribution is -0.373. The Morgan fingerprint density at radius 1 is 0.566 bits per heavy atom. The van der Waals surface area contributed by atoms with Gasteiger partial charge in [-0.3, -0.25) is 0 Å². The second kappa shape index (κ2) is 21.4. The fourth-order valence-corrected chi connectivity index (χ4v) is 15.8. The monoisotopic (exact) mass is 1090 g/mol. The molecule has 28 atom stereocenters. The number of hydrogen-bond donors (Lipinski definition) is 14. The van der Waals surface area contributed by atoms with Crippen LogP contribution >= 0.6 is 0 Å². The van der Waals surface area contributed by atoms with Gasteiger partial charge in [0, 0.05) is 10.8 Å². The van der Waals surface area contributed by atoms with Crippen molar-refractivity contribution >= 4 is 0 Å². The SMILES string of the molecule is CC1OC(OC2C(COC3OC(CO)C(O)C(O)C3O)OC(OC3CCC4(C)C(CCC5(C)C4C=CC4=C6CC(C)(C)CCC6(COC6OC(CO)C(O)C(O)C6O)C(O)CC45C)C3(C)C)C(O)C2O)C(O)C(O)C1O. The third-order valence-electron chi connectivity index (χ3n) is 20.9. The van der Waals surface area contributed by atoms with E-state index in [4.69, 9.17) is 37.9 Å². The lowest BCUT2D eigenvalue weighted by Crippen LogP contribution is -2.66. The molecular weight excluding hydrogens is 1000 g/mol. The quantitative estimate of drug-likeness (QED) is 0.0975. The van der Waals surface area contributed by atoms with Crippen molar-refractivity contribution in [3.05, 3.63) is 23.3 Å². The van der Waals surface area contributed by atoms with E-state index in [1.807, 2.05) is 0 Å². The molecule has 0 aromatic rings. The molecule has 0 spiro atoms. The third kappa shape index (κ3) is 9.63. The first-order valence-corrected chi connectivity index (χ1v) is 27.5. The fourth-order valence-electron chi connectivity index (χ4n) is 15.8. The first-order chi connectivity index (χ1) is 35.5. The number of fused-ring (bicyclic) bond motifs is 6. The Balaban J connectivity index is 0.961. The van der Waals surface area contributed by atoms with Crippen LogP contribution in [0.25, 0.3) is 0 Å². The van der Waals surface area contributed by atoms with Gasteiger partial charge in [0.1, 0.15) is 91.6 Å². The first-order valence-electron chi connectivity index (χ1n) is 27.5. The maximum atomic E-state index is 12.7. The van der Waals surface area contributed by atoms with Gasteiger partial charge in [0.25, 0.3) is 0 Å². The van der Waals surface area contributed by atoms with Crippen LogP contribution in [0.3, 0.4) is 0 Å². The molecule has 3 saturated carbocycles. The van der Waals surface area contributed by atoms with Crippen molar-refractivity contribution in [1.29, 1.82) is 0 Å². The average Bonchev–Trinajstić information content (AvgIpc) is 3.36. The van der Waals surface area contributed by atoms with Gasteiger partial charge >= 0.3 is 0 Å². The summed E-state index contributed by atoms with van der Waals surface area (Å²) in [5.74, 6) is 0.114. The number of allylic oxidation sites excluding steroid dienone is 3. The highest BCUT2D eigenvalue weighted by Crippen LogP contribution is 2.74. The van der Waals surface area contributed by atoms with Gasteiger partial charge in [-0.2, -0.15) is 0 Å². The molecule has 0 aromatic carbocycles. The molecule has 7 fully saturated rings. The summed E-state index contributed by atoms with van der Waals surface area (Å²) in [4.78, 5) is 0. The zero-order valence-corrected chi connectivity index (χ0v) is 45.0. The minimum absolute atomic E-state index is 0.00613. The van der Waals surface area contributed by atoms with E-state index < -0.39 is 171 Å². The van der Waals surface area contributed by atoms with Crippen molar-refractivity contribution < 1.29 is 109 Å². The van der Waals surface area contributed by atoms with E-state index in [9.17, 15) is 71.5 Å². The highest BCUT2D eigenvalue weighted by atomic mass is 16.8. The molecule has 0 radical (unpaired) electrons. The number of rotatable bonds is 12. The Labute approximate surface area is 444 Å². The molecule has 22 nitrogen and oxygen atoms in total. The molecule has 0 bridgehead atoms. The minimum Gasteiger partial charge on any atom is -0.394 e. The smallest absolute Gasteiger partial charge is 0.187 e. The van der Waals surface area contributed by atoms with Crippen molar-refractivity contribution in [1.82, 2.24) is 0 Å². The lowest BCUT2D eigenvalue weighted by atomic mass is 9.35. The molecule has 22 heteroatoms. The van der Waals surface area contributed by atoms with E-state index in [1.165, 1.54) is 12.5 Å². The van der Waals surface area contributed by atoms with Gasteiger partial charge in [-0.15, -0.1) is 0 Å². The highest BCUT2D eigenvalue weighted by molar-refractivity contribution is 5.47. The molecule has 5 aliphatic carbocycles. The topological polar surface area (TPSA) is 357 Å². The zero-order chi connectivity index (χ0) is 55.6. The predicted molar refractivity (Wildman–Crippen MR) is 263 cm³/mol. The van der Waals surface area contributed by atoms with Crippen LogP contribution in [0.1, 0.15) is 107 Å². The van der Waals surface area contributed by atoms with Crippen LogP contribution < -0.4 is 0 Å². The lowest BCUT2D eigenvalue weighted by Gasteiger charge is -2.70. The van der Waals surface area contributed by atoms with Crippen molar-refractivity contribution in [2.75, 3.05) is 26.4 Å². The molecule has 4 heterocycles. The highest BCUT2D eigenvalue weighted by Gasteiger charge is 2.69. The van der Waals surface area contributed by atoms with E-state index in [1.54, 1.807) is 0 Å². The average molecular weight is 1090 g/mol. The van der Waals surface area contributed by atoms with Gasteiger partial charge in [-0.1, -0.05) is 66.2 Å². The maximum Gasteiger partial charge on any atom is 0.187 e. The molecule has 76 heavy (non-hydrogen) atoms. The van der Waals surface area contributed by atoms with Gasteiger partial charge in [-0.25, -0.2) is 0 Å². The van der Waals surface area contributed by atoms with Gasteiger partial charge in [-0.05, 0) is 97.4 Å². The third-order valence-corrected chi connectivity index (χ3v) is 20.9. The van der Waals surface area contributed by atoms with Crippen LogP contribution in [-0.2, 0) is 37.9 Å². The number of hydrogen-bond acceptors (Lipinski definition) is 22. The van der Waals surface area contributed by atoms with Crippen LogP contribution in [0.5, 0.6) is 0 Å². The van der Waals surface area contributed by atoms with Crippen molar-refractivity contribution in [2.24, 2.45) is 44.3 Å². The predicted octanol–water partition coefficient (Wildman–Crippen LogP) is -1.64. The summed E-state index contributed by atoms with van der Waals surface area (Å²) in [6.45, 7) is 15.3. The second-order valence-corrected chi connectivity index (χ2v) is 26.1. The van der Waals surface area contributed by atoms with Crippen LogP contribution in [0.15, 0.2) is 23.3 Å². The van der Waals surface area contributed by atoms with Gasteiger partial charge in [0.15, 0.2) is 25.2 Å². The van der Waals surface area contributed by atoms with Crippen LogP contribution in [0.4, 0.5) is 0 Å². The van der Waals surface area contributed by atoms with Crippen molar-refractivity contribution in [3.63, 3.8) is 0 Å². The molecule has 4 saturated heterocycles. The van der Waals surface area contributed by atoms with Gasteiger partial charge in [0.2, 0.25) is 0 Å². The summed E-state index contributed by atoms with van der Waals surface area (Å²) in [6.07, 6.45) is -22.2. The molecule has 9 rings (SSSR count). The van der Waals surface area contributed by atoms with E-state index in [2.05, 4.69) is 60.6 Å². The maximum absolute atomic E-state index is 12.7. The summed E-state index contributed by atoms with van der Waals surface area (Å²) in [5, 5.41) is 151. The molecule has 436 valence electrons. The zero-order valence-electron chi connectivity index (χ0n) is 45.0. The summed E-state index contributed by atoms with van der Waals surface area (Å²) >= 11 is 0. The molecular formula is C54H88O22. The largest absolute Gasteiger partial charge is 0.394 e. The van der Waals surface area contributed by atoms with Crippen molar-refractivity contribution in [3.8, 4) is 0 Å². The molecule has 28 unspecified atom stereocenters. The Kier molecular flexibility index (Phi) is 16.7. The Morgan fingerprint density at radius 3 is 1.74 bits per heavy atom. The minimum atomic E-state index is -1.79. The van der Waals surface area contributed by atoms with E-state index in [0.717, 1.165) is 24.8 Å². The number of aliphatic hydroxyl groups excluding tert-OH is 14. The van der Waals surface area contributed by atoms with Crippen LogP contribution in [0, 0.1) is 44.3 Å². The first kappa shape index (κ1) is 59.2. The number of ether oxygens (including phenoxy) is 8. The Morgan fingerprint density at radius 2 is 1.12 bits per heavy atom. The summed E-state index contributed by atoms with van der Waals surface area (Å²) < 4.78 is 48.4. The van der Waals surface area contributed by atoms with E-state index in [0.29, 0.717) is 32.1 Å². The Bertz CT molecular complexity index is 2110. The van der Waals surface area contributed by atoms with Crippen molar-refractivity contribution in [2.45, 2.75) is 242 Å². The van der Waals surface area contributed by atoms with Gasteiger partial charge < -0.3 is 109 Å². The normalized spacial score (nSPS) is 54.0. The van der Waals surface area contributed by atoms with Crippen LogP contribution in [0.2, 0.25) is 0 Å². The molecule has 0 amide bonds. The standard InChI is InChI=1S/C54H88O22/c1-23-33(58)36(61)42(67)47(71-23)76-44-28(21-69-45-40(65)37(62)34(59)26(19-55)72-45)74-48(43(68)39(44)64)75-32-12-13-51(6)29(50(32,4)5)11-14-52(7)30(51)10-9-24-25-17-49(2,3)15-16-54(25,31(57)18-53(24,52)8)22-70-46-41(66)38(63)35(60)27(20-56)73-46/h9-10,23,26-48,55-68H,11-22H2,1-8H3. The molecule has 14 N–H and O–H groups in total. The fraction of sp³-hybridized carbons (Fsp3) is 0.926.